The van der Waals surface area contributed by atoms with Crippen molar-refractivity contribution in [1.82, 2.24) is 5.32 Å². The van der Waals surface area contributed by atoms with Gasteiger partial charge in [0.25, 0.3) is 0 Å². The van der Waals surface area contributed by atoms with Crippen molar-refractivity contribution in [2.24, 2.45) is 5.92 Å². The number of benzene rings is 1. The van der Waals surface area contributed by atoms with Gasteiger partial charge in [0.1, 0.15) is 0 Å². The highest BCUT2D eigenvalue weighted by Gasteiger charge is 2.25. The minimum Gasteiger partial charge on any atom is -0.368 e. The summed E-state index contributed by atoms with van der Waals surface area (Å²) in [6.45, 7) is 6.86. The summed E-state index contributed by atoms with van der Waals surface area (Å²) in [5, 5.41) is 3.28. The normalized spacial score (nSPS) is 24.3. The Kier molecular flexibility index (Phi) is 4.65. The van der Waals surface area contributed by atoms with Gasteiger partial charge in [0.15, 0.2) is 0 Å². The number of anilines is 1. The summed E-state index contributed by atoms with van der Waals surface area (Å²) in [5.41, 5.74) is 2.85. The third-order valence-corrected chi connectivity index (χ3v) is 4.23. The van der Waals surface area contributed by atoms with Crippen LogP contribution in [-0.4, -0.2) is 19.6 Å². The van der Waals surface area contributed by atoms with E-state index in [4.69, 9.17) is 0 Å². The molecule has 2 rings (SSSR count). The van der Waals surface area contributed by atoms with Crippen LogP contribution in [0.25, 0.3) is 0 Å². The lowest BCUT2D eigenvalue weighted by Gasteiger charge is -2.40. The smallest absolute Gasteiger partial charge is 0.0414 e. The molecule has 0 aliphatic carbocycles. The van der Waals surface area contributed by atoms with Crippen molar-refractivity contribution >= 4 is 5.69 Å². The first-order valence-electron chi connectivity index (χ1n) is 7.25. The van der Waals surface area contributed by atoms with E-state index in [0.29, 0.717) is 6.04 Å². The maximum absolute atomic E-state index is 3.28. The van der Waals surface area contributed by atoms with Crippen molar-refractivity contribution in [1.29, 1.82) is 0 Å². The molecule has 1 N–H and O–H groups in total. The van der Waals surface area contributed by atoms with Gasteiger partial charge in [-0.05, 0) is 44.4 Å². The number of piperidine rings is 1. The molecule has 0 radical (unpaired) electrons. The number of para-hydroxylation sites is 1. The van der Waals surface area contributed by atoms with Gasteiger partial charge < -0.3 is 10.2 Å². The zero-order valence-electron chi connectivity index (χ0n) is 11.9. The fourth-order valence-corrected chi connectivity index (χ4v) is 2.98. The Morgan fingerprint density at radius 3 is 2.78 bits per heavy atom. The lowest BCUT2D eigenvalue weighted by Crippen LogP contribution is -2.42. The van der Waals surface area contributed by atoms with Gasteiger partial charge in [-0.2, -0.15) is 0 Å². The van der Waals surface area contributed by atoms with Crippen molar-refractivity contribution in [2.45, 2.75) is 45.7 Å². The molecule has 100 valence electrons. The summed E-state index contributed by atoms with van der Waals surface area (Å²) in [6, 6.07) is 9.50. The molecule has 0 aromatic heterocycles. The molecule has 1 aromatic carbocycles. The van der Waals surface area contributed by atoms with E-state index in [9.17, 15) is 0 Å². The quantitative estimate of drug-likeness (QED) is 0.875. The zero-order valence-corrected chi connectivity index (χ0v) is 11.9. The van der Waals surface area contributed by atoms with Crippen LogP contribution < -0.4 is 10.2 Å². The highest BCUT2D eigenvalue weighted by atomic mass is 15.2. The molecule has 2 unspecified atom stereocenters. The topological polar surface area (TPSA) is 15.3 Å². The highest BCUT2D eigenvalue weighted by molar-refractivity contribution is 5.54. The van der Waals surface area contributed by atoms with Gasteiger partial charge >= 0.3 is 0 Å². The number of nitrogens with one attached hydrogen (secondary N) is 1. The minimum absolute atomic E-state index is 0.672. The van der Waals surface area contributed by atoms with Crippen molar-refractivity contribution < 1.29 is 0 Å². The maximum atomic E-state index is 3.28. The van der Waals surface area contributed by atoms with Gasteiger partial charge in [0.05, 0.1) is 0 Å². The third kappa shape index (κ3) is 2.86. The van der Waals surface area contributed by atoms with Gasteiger partial charge in [-0.25, -0.2) is 0 Å². The molecule has 0 spiro atoms. The molecular weight excluding hydrogens is 220 g/mol. The summed E-state index contributed by atoms with van der Waals surface area (Å²) < 4.78 is 0. The van der Waals surface area contributed by atoms with Crippen LogP contribution in [0.2, 0.25) is 0 Å². The standard InChI is InChI=1S/C16H26N2/c1-4-14-10-9-13(2)18(12-14)16-8-6-5-7-15(16)11-17-3/h5-8,13-14,17H,4,9-12H2,1-3H3. The van der Waals surface area contributed by atoms with Crippen LogP contribution in [0.15, 0.2) is 24.3 Å². The second kappa shape index (κ2) is 6.24. The lowest BCUT2D eigenvalue weighted by atomic mass is 9.90. The van der Waals surface area contributed by atoms with Crippen molar-refractivity contribution in [3.8, 4) is 0 Å². The van der Waals surface area contributed by atoms with Crippen LogP contribution in [0.1, 0.15) is 38.7 Å². The predicted octanol–water partition coefficient (Wildman–Crippen LogP) is 3.42. The molecule has 1 fully saturated rings. The molecule has 1 heterocycles. The van der Waals surface area contributed by atoms with E-state index in [-0.39, 0.29) is 0 Å². The SMILES string of the molecule is CCC1CCC(C)N(c2ccccc2CNC)C1. The molecule has 2 atom stereocenters. The third-order valence-electron chi connectivity index (χ3n) is 4.23. The Bertz CT molecular complexity index is 375. The molecule has 0 amide bonds. The number of nitrogens with zero attached hydrogens (tertiary/aromatic N) is 1. The van der Waals surface area contributed by atoms with Gasteiger partial charge in [0.2, 0.25) is 0 Å². The predicted molar refractivity (Wildman–Crippen MR) is 79.0 cm³/mol. The van der Waals surface area contributed by atoms with Crippen molar-refractivity contribution in [2.75, 3.05) is 18.5 Å². The minimum atomic E-state index is 0.672. The molecule has 0 bridgehead atoms. The van der Waals surface area contributed by atoms with E-state index in [2.05, 4.69) is 48.3 Å². The number of rotatable bonds is 4. The van der Waals surface area contributed by atoms with Crippen LogP contribution in [0.3, 0.4) is 0 Å². The van der Waals surface area contributed by atoms with Crippen LogP contribution >= 0.6 is 0 Å². The number of hydrogen-bond acceptors (Lipinski definition) is 2. The van der Waals surface area contributed by atoms with Gasteiger partial charge in [0, 0.05) is 24.8 Å². The second-order valence-electron chi connectivity index (χ2n) is 5.51. The highest BCUT2D eigenvalue weighted by Crippen LogP contribution is 2.31. The molecule has 1 aromatic rings. The van der Waals surface area contributed by atoms with E-state index < -0.39 is 0 Å². The van der Waals surface area contributed by atoms with Crippen molar-refractivity contribution in [3.05, 3.63) is 29.8 Å². The largest absolute Gasteiger partial charge is 0.368 e. The zero-order chi connectivity index (χ0) is 13.0. The van der Waals surface area contributed by atoms with E-state index >= 15 is 0 Å². The average molecular weight is 246 g/mol. The second-order valence-corrected chi connectivity index (χ2v) is 5.51. The number of hydrogen-bond donors (Lipinski definition) is 1. The van der Waals surface area contributed by atoms with Gasteiger partial charge in [-0.3, -0.25) is 0 Å². The van der Waals surface area contributed by atoms with Gasteiger partial charge in [-0.15, -0.1) is 0 Å². The summed E-state index contributed by atoms with van der Waals surface area (Å²) in [5.74, 6) is 0.865. The summed E-state index contributed by atoms with van der Waals surface area (Å²) in [4.78, 5) is 2.62. The monoisotopic (exact) mass is 246 g/mol. The fraction of sp³-hybridized carbons (Fsp3) is 0.625. The first kappa shape index (κ1) is 13.4. The van der Waals surface area contributed by atoms with Crippen LogP contribution in [0, 0.1) is 5.92 Å². The molecule has 1 saturated heterocycles. The van der Waals surface area contributed by atoms with E-state index in [1.165, 1.54) is 37.1 Å². The Morgan fingerprint density at radius 2 is 2.06 bits per heavy atom. The molecule has 18 heavy (non-hydrogen) atoms. The molecule has 1 aliphatic rings. The van der Waals surface area contributed by atoms with E-state index in [1.807, 2.05) is 7.05 Å². The fourth-order valence-electron chi connectivity index (χ4n) is 2.98. The summed E-state index contributed by atoms with van der Waals surface area (Å²) >= 11 is 0. The van der Waals surface area contributed by atoms with Crippen LogP contribution in [0.4, 0.5) is 5.69 Å². The Balaban J connectivity index is 2.22. The van der Waals surface area contributed by atoms with E-state index in [0.717, 1.165) is 12.5 Å². The van der Waals surface area contributed by atoms with Crippen LogP contribution in [0.5, 0.6) is 0 Å². The summed E-state index contributed by atoms with van der Waals surface area (Å²) in [7, 11) is 2.02. The molecular formula is C16H26N2. The lowest BCUT2D eigenvalue weighted by molar-refractivity contribution is 0.358. The molecule has 2 nitrogen and oxygen atoms in total. The Hall–Kier alpha value is -1.02. The van der Waals surface area contributed by atoms with E-state index in [1.54, 1.807) is 0 Å². The molecule has 0 saturated carbocycles. The Labute approximate surface area is 111 Å². The molecule has 1 aliphatic heterocycles. The van der Waals surface area contributed by atoms with Crippen LogP contribution in [-0.2, 0) is 6.54 Å². The van der Waals surface area contributed by atoms with Gasteiger partial charge in [-0.1, -0.05) is 31.5 Å². The first-order chi connectivity index (χ1) is 8.76. The molecule has 2 heteroatoms. The van der Waals surface area contributed by atoms with Crippen molar-refractivity contribution in [3.63, 3.8) is 0 Å². The average Bonchev–Trinajstić information content (AvgIpc) is 2.41. The Morgan fingerprint density at radius 1 is 1.28 bits per heavy atom. The maximum Gasteiger partial charge on any atom is 0.0414 e. The first-order valence-corrected chi connectivity index (χ1v) is 7.25. The summed E-state index contributed by atoms with van der Waals surface area (Å²) in [6.07, 6.45) is 4.02.